The number of amides is 1. The van der Waals surface area contributed by atoms with Crippen molar-refractivity contribution < 1.29 is 36.6 Å². The molecule has 7 nitrogen and oxygen atoms in total. The van der Waals surface area contributed by atoms with Crippen LogP contribution in [-0.4, -0.2) is 68.2 Å². The molecule has 1 saturated heterocycles. The normalized spacial score (nSPS) is 14.4. The van der Waals surface area contributed by atoms with Gasteiger partial charge in [-0.2, -0.15) is 0 Å². The van der Waals surface area contributed by atoms with Crippen molar-refractivity contribution in [2.45, 2.75) is 6.36 Å². The van der Waals surface area contributed by atoms with Gasteiger partial charge in [0.15, 0.2) is 23.3 Å². The minimum Gasteiger partial charge on any atom is -0.481 e. The fourth-order valence-corrected chi connectivity index (χ4v) is 4.42. The molecule has 3 aromatic rings. The number of hydrogen-bond acceptors (Lipinski definition) is 7. The molecule has 0 N–H and O–H groups in total. The summed E-state index contributed by atoms with van der Waals surface area (Å²) in [5.74, 6) is -1.47. The van der Waals surface area contributed by atoms with Crippen molar-refractivity contribution in [1.82, 2.24) is 9.88 Å². The number of halogens is 5. The Morgan fingerprint density at radius 3 is 2.63 bits per heavy atom. The van der Waals surface area contributed by atoms with Crippen LogP contribution in [0.2, 0.25) is 0 Å². The topological polar surface area (TPSA) is 64.1 Å². The Bertz CT molecular complexity index is 1140. The number of para-hydroxylation sites is 1. The molecule has 1 aliphatic heterocycles. The number of thiazole rings is 1. The summed E-state index contributed by atoms with van der Waals surface area (Å²) in [5.41, 5.74) is 0.425. The number of ether oxygens (including phenoxy) is 3. The van der Waals surface area contributed by atoms with Crippen molar-refractivity contribution in [3.63, 3.8) is 0 Å². The standard InChI is InChI=1S/C22H21F4N3O4S.ClH/c23-16-3-1-2-4-18(16)32-14-20(30)29(8-7-28-9-11-31-12-10-28)21-27-17-6-5-15(13-19(17)34-21)33-22(24,25)26;/h1-6,13H,7-12,14H2;1H. The predicted octanol–water partition coefficient (Wildman–Crippen LogP) is 4.50. The van der Waals surface area contributed by atoms with Crippen LogP contribution in [-0.2, 0) is 9.53 Å². The Balaban J connectivity index is 0.00000342. The van der Waals surface area contributed by atoms with E-state index in [1.807, 2.05) is 0 Å². The van der Waals surface area contributed by atoms with Gasteiger partial charge >= 0.3 is 6.36 Å². The lowest BCUT2D eigenvalue weighted by Gasteiger charge is -2.29. The predicted molar refractivity (Wildman–Crippen MR) is 125 cm³/mol. The number of benzene rings is 2. The van der Waals surface area contributed by atoms with Gasteiger partial charge in [-0.25, -0.2) is 9.37 Å². The number of carbonyl (C=O) groups excluding carboxylic acids is 1. The molecule has 1 aliphatic rings. The second-order valence-corrected chi connectivity index (χ2v) is 8.40. The van der Waals surface area contributed by atoms with Crippen LogP contribution in [0.5, 0.6) is 11.5 Å². The summed E-state index contributed by atoms with van der Waals surface area (Å²) < 4.78 is 66.7. The van der Waals surface area contributed by atoms with Crippen LogP contribution in [0.3, 0.4) is 0 Å². The zero-order chi connectivity index (χ0) is 24.1. The van der Waals surface area contributed by atoms with E-state index in [4.69, 9.17) is 9.47 Å². The van der Waals surface area contributed by atoms with Gasteiger partial charge in [-0.15, -0.1) is 25.6 Å². The fourth-order valence-electron chi connectivity index (χ4n) is 3.38. The number of aromatic nitrogens is 1. The molecule has 190 valence electrons. The summed E-state index contributed by atoms with van der Waals surface area (Å²) >= 11 is 1.06. The molecule has 1 fully saturated rings. The summed E-state index contributed by atoms with van der Waals surface area (Å²) in [5, 5.41) is 0.301. The molecule has 0 bridgehead atoms. The molecule has 0 aliphatic carbocycles. The van der Waals surface area contributed by atoms with Gasteiger partial charge in [0.05, 0.1) is 23.4 Å². The highest BCUT2D eigenvalue weighted by Gasteiger charge is 2.31. The molecule has 0 atom stereocenters. The summed E-state index contributed by atoms with van der Waals surface area (Å²) in [6, 6.07) is 9.54. The van der Waals surface area contributed by atoms with Gasteiger partial charge in [-0.3, -0.25) is 14.6 Å². The van der Waals surface area contributed by atoms with E-state index in [0.717, 1.165) is 11.3 Å². The SMILES string of the molecule is Cl.O=C(COc1ccccc1F)N(CCN1CCOCC1)c1nc2ccc(OC(F)(F)F)cc2s1. The zero-order valence-electron chi connectivity index (χ0n) is 18.3. The Morgan fingerprint density at radius 1 is 1.17 bits per heavy atom. The van der Waals surface area contributed by atoms with Crippen LogP contribution >= 0.6 is 23.7 Å². The van der Waals surface area contributed by atoms with E-state index in [-0.39, 0.29) is 30.5 Å². The van der Waals surface area contributed by atoms with Crippen LogP contribution in [0.1, 0.15) is 0 Å². The minimum atomic E-state index is -4.81. The van der Waals surface area contributed by atoms with Crippen molar-refractivity contribution in [2.24, 2.45) is 0 Å². The molecule has 0 unspecified atom stereocenters. The minimum absolute atomic E-state index is 0. The van der Waals surface area contributed by atoms with Crippen molar-refractivity contribution in [3.8, 4) is 11.5 Å². The Labute approximate surface area is 208 Å². The summed E-state index contributed by atoms with van der Waals surface area (Å²) in [6.07, 6.45) is -4.81. The molecule has 4 rings (SSSR count). The lowest BCUT2D eigenvalue weighted by Crippen LogP contribution is -2.44. The maximum absolute atomic E-state index is 13.9. The number of fused-ring (bicyclic) bond motifs is 1. The third-order valence-electron chi connectivity index (χ3n) is 5.05. The zero-order valence-corrected chi connectivity index (χ0v) is 19.9. The van der Waals surface area contributed by atoms with Crippen LogP contribution < -0.4 is 14.4 Å². The number of anilines is 1. The molecule has 35 heavy (non-hydrogen) atoms. The van der Waals surface area contributed by atoms with Crippen molar-refractivity contribution in [2.75, 3.05) is 50.9 Å². The highest BCUT2D eigenvalue weighted by molar-refractivity contribution is 7.22. The molecular formula is C22H22ClF4N3O4S. The van der Waals surface area contributed by atoms with Crippen molar-refractivity contribution in [1.29, 1.82) is 0 Å². The Morgan fingerprint density at radius 2 is 1.91 bits per heavy atom. The first kappa shape index (κ1) is 26.9. The number of rotatable bonds is 8. The fraction of sp³-hybridized carbons (Fsp3) is 0.364. The van der Waals surface area contributed by atoms with E-state index in [1.165, 1.54) is 41.3 Å². The van der Waals surface area contributed by atoms with Crippen molar-refractivity contribution >= 4 is 45.0 Å². The van der Waals surface area contributed by atoms with Gasteiger partial charge in [-0.05, 0) is 24.3 Å². The van der Waals surface area contributed by atoms with Gasteiger partial charge < -0.3 is 14.2 Å². The van der Waals surface area contributed by atoms with Crippen LogP contribution in [0, 0.1) is 5.82 Å². The number of alkyl halides is 3. The van der Waals surface area contributed by atoms with E-state index in [9.17, 15) is 22.4 Å². The second kappa shape index (κ2) is 11.8. The first-order valence-corrected chi connectivity index (χ1v) is 11.2. The van der Waals surface area contributed by atoms with E-state index in [0.29, 0.717) is 48.2 Å². The molecular weight excluding hydrogens is 514 g/mol. The summed E-state index contributed by atoms with van der Waals surface area (Å²) in [4.78, 5) is 21.0. The lowest BCUT2D eigenvalue weighted by atomic mass is 10.3. The van der Waals surface area contributed by atoms with E-state index in [2.05, 4.69) is 14.6 Å². The first-order chi connectivity index (χ1) is 16.3. The lowest BCUT2D eigenvalue weighted by molar-refractivity contribution is -0.274. The van der Waals surface area contributed by atoms with E-state index >= 15 is 0 Å². The molecule has 0 spiro atoms. The third-order valence-corrected chi connectivity index (χ3v) is 6.09. The maximum atomic E-state index is 13.9. The molecule has 0 radical (unpaired) electrons. The third kappa shape index (κ3) is 7.40. The second-order valence-electron chi connectivity index (χ2n) is 7.39. The van der Waals surface area contributed by atoms with Gasteiger partial charge in [0, 0.05) is 32.2 Å². The van der Waals surface area contributed by atoms with Crippen LogP contribution in [0.15, 0.2) is 42.5 Å². The Kier molecular flexibility index (Phi) is 9.11. The quantitative estimate of drug-likeness (QED) is 0.396. The molecule has 2 aromatic carbocycles. The van der Waals surface area contributed by atoms with Crippen LogP contribution in [0.4, 0.5) is 22.7 Å². The number of carbonyl (C=O) groups is 1. The molecule has 13 heteroatoms. The highest BCUT2D eigenvalue weighted by atomic mass is 35.5. The Hall–Kier alpha value is -2.67. The van der Waals surface area contributed by atoms with Gasteiger partial charge in [0.2, 0.25) is 0 Å². The highest BCUT2D eigenvalue weighted by Crippen LogP contribution is 2.33. The number of morpholine rings is 1. The first-order valence-electron chi connectivity index (χ1n) is 10.4. The summed E-state index contributed by atoms with van der Waals surface area (Å²) in [6.45, 7) is 2.99. The molecule has 1 aromatic heterocycles. The van der Waals surface area contributed by atoms with Gasteiger partial charge in [0.1, 0.15) is 5.75 Å². The van der Waals surface area contributed by atoms with E-state index in [1.54, 1.807) is 6.07 Å². The number of hydrogen-bond donors (Lipinski definition) is 0. The van der Waals surface area contributed by atoms with Gasteiger partial charge in [0.25, 0.3) is 5.91 Å². The largest absolute Gasteiger partial charge is 0.573 e. The smallest absolute Gasteiger partial charge is 0.481 e. The molecule has 1 amide bonds. The molecule has 0 saturated carbocycles. The molecule has 2 heterocycles. The average molecular weight is 536 g/mol. The monoisotopic (exact) mass is 535 g/mol. The van der Waals surface area contributed by atoms with E-state index < -0.39 is 24.7 Å². The van der Waals surface area contributed by atoms with Crippen LogP contribution in [0.25, 0.3) is 10.2 Å². The maximum Gasteiger partial charge on any atom is 0.573 e. The average Bonchev–Trinajstić information content (AvgIpc) is 3.21. The number of nitrogens with zero attached hydrogens (tertiary/aromatic N) is 3. The summed E-state index contributed by atoms with van der Waals surface area (Å²) in [7, 11) is 0. The van der Waals surface area contributed by atoms with Gasteiger partial charge in [-0.1, -0.05) is 23.5 Å². The van der Waals surface area contributed by atoms with Crippen molar-refractivity contribution in [3.05, 3.63) is 48.3 Å².